The van der Waals surface area contributed by atoms with Crippen LogP contribution in [0.1, 0.15) is 38.9 Å². The zero-order valence-electron chi connectivity index (χ0n) is 11.3. The van der Waals surface area contributed by atoms with Crippen LogP contribution in [-0.2, 0) is 0 Å². The van der Waals surface area contributed by atoms with Crippen molar-refractivity contribution in [3.05, 3.63) is 33.9 Å². The zero-order chi connectivity index (χ0) is 13.9. The lowest BCUT2D eigenvalue weighted by Crippen LogP contribution is -2.28. The first-order valence-corrected chi connectivity index (χ1v) is 6.07. The summed E-state index contributed by atoms with van der Waals surface area (Å²) in [6.07, 6.45) is 0.206. The molecule has 0 aliphatic carbocycles. The highest BCUT2D eigenvalue weighted by atomic mass is 16.6. The molecule has 0 bridgehead atoms. The Balaban J connectivity index is 3.23. The summed E-state index contributed by atoms with van der Waals surface area (Å²) in [4.78, 5) is 12.6. The molecule has 0 aromatic heterocycles. The normalized spacial score (nSPS) is 14.1. The van der Waals surface area contributed by atoms with Gasteiger partial charge >= 0.3 is 0 Å². The molecule has 0 aliphatic heterocycles. The Morgan fingerprint density at radius 1 is 1.44 bits per heavy atom. The van der Waals surface area contributed by atoms with Crippen molar-refractivity contribution in [3.8, 4) is 0 Å². The summed E-state index contributed by atoms with van der Waals surface area (Å²) in [7, 11) is 1.85. The van der Waals surface area contributed by atoms with E-state index in [4.69, 9.17) is 0 Å². The van der Waals surface area contributed by atoms with Crippen LogP contribution in [0.25, 0.3) is 0 Å². The lowest BCUT2D eigenvalue weighted by molar-refractivity contribution is -0.384. The molecular formula is C13H20N2O3. The summed E-state index contributed by atoms with van der Waals surface area (Å²) in [6.45, 7) is 5.65. The molecule has 18 heavy (non-hydrogen) atoms. The van der Waals surface area contributed by atoms with Crippen molar-refractivity contribution in [2.75, 3.05) is 11.9 Å². The van der Waals surface area contributed by atoms with Crippen LogP contribution in [0.2, 0.25) is 0 Å². The molecule has 1 unspecified atom stereocenters. The van der Waals surface area contributed by atoms with Crippen LogP contribution in [0.4, 0.5) is 11.4 Å². The minimum Gasteiger partial charge on any atom is -0.389 e. The topological polar surface area (TPSA) is 66.6 Å². The zero-order valence-corrected chi connectivity index (χ0v) is 11.3. The molecule has 1 aromatic carbocycles. The Morgan fingerprint density at radius 3 is 2.50 bits per heavy atom. The van der Waals surface area contributed by atoms with Crippen molar-refractivity contribution in [2.24, 2.45) is 0 Å². The number of nitro groups is 1. The van der Waals surface area contributed by atoms with Gasteiger partial charge in [0.15, 0.2) is 0 Å². The predicted octanol–water partition coefficient (Wildman–Crippen LogP) is 2.88. The first-order chi connectivity index (χ1) is 8.38. The molecule has 100 valence electrons. The molecule has 1 N–H and O–H groups in total. The van der Waals surface area contributed by atoms with Crippen LogP contribution in [0.15, 0.2) is 18.2 Å². The number of rotatable bonds is 5. The van der Waals surface area contributed by atoms with Crippen LogP contribution < -0.4 is 4.90 Å². The number of anilines is 1. The highest BCUT2D eigenvalue weighted by Crippen LogP contribution is 2.31. The Labute approximate surface area is 107 Å². The molecule has 0 radical (unpaired) electrons. The third kappa shape index (κ3) is 2.98. The Hall–Kier alpha value is -1.62. The summed E-state index contributed by atoms with van der Waals surface area (Å²) in [5.74, 6) is 0. The maximum Gasteiger partial charge on any atom is 0.292 e. The summed E-state index contributed by atoms with van der Waals surface area (Å²) < 4.78 is 0. The van der Waals surface area contributed by atoms with Crippen molar-refractivity contribution in [3.63, 3.8) is 0 Å². The number of nitrogens with zero attached hydrogens (tertiary/aromatic N) is 2. The number of hydrogen-bond donors (Lipinski definition) is 1. The van der Waals surface area contributed by atoms with E-state index in [9.17, 15) is 15.2 Å². The fraction of sp³-hybridized carbons (Fsp3) is 0.538. The molecule has 0 amide bonds. The number of hydrogen-bond acceptors (Lipinski definition) is 4. The number of aliphatic hydroxyl groups is 1. The molecule has 5 nitrogen and oxygen atoms in total. The van der Waals surface area contributed by atoms with Crippen molar-refractivity contribution < 1.29 is 10.0 Å². The maximum atomic E-state index is 11.1. The largest absolute Gasteiger partial charge is 0.389 e. The molecule has 0 saturated heterocycles. The van der Waals surface area contributed by atoms with Gasteiger partial charge < -0.3 is 10.0 Å². The first-order valence-electron chi connectivity index (χ1n) is 6.07. The van der Waals surface area contributed by atoms with E-state index in [2.05, 4.69) is 0 Å². The molecule has 0 heterocycles. The lowest BCUT2D eigenvalue weighted by atomic mass is 10.1. The van der Waals surface area contributed by atoms with E-state index in [-0.39, 0.29) is 11.7 Å². The Bertz CT molecular complexity index is 432. The molecule has 1 aromatic rings. The van der Waals surface area contributed by atoms with E-state index in [0.717, 1.165) is 6.42 Å². The highest BCUT2D eigenvalue weighted by molar-refractivity contribution is 5.64. The highest BCUT2D eigenvalue weighted by Gasteiger charge is 2.21. The van der Waals surface area contributed by atoms with Gasteiger partial charge in [-0.1, -0.05) is 13.0 Å². The molecule has 5 heteroatoms. The molecular weight excluding hydrogens is 232 g/mol. The van der Waals surface area contributed by atoms with Crippen molar-refractivity contribution in [1.29, 1.82) is 0 Å². The van der Waals surface area contributed by atoms with E-state index >= 15 is 0 Å². The van der Waals surface area contributed by atoms with Crippen LogP contribution in [0.3, 0.4) is 0 Å². The fourth-order valence-corrected chi connectivity index (χ4v) is 1.76. The number of nitro benzene ring substituents is 1. The average Bonchev–Trinajstić information content (AvgIpc) is 2.35. The lowest BCUT2D eigenvalue weighted by Gasteiger charge is -2.26. The standard InChI is InChI=1S/C13H20N2O3/c1-5-9(2)14(4)12-7-6-11(10(3)16)8-13(12)15(17)18/h6-10,16H,5H2,1-4H3/t9?,10-/m0/s1. The maximum absolute atomic E-state index is 11.1. The van der Waals surface area contributed by atoms with Gasteiger partial charge in [0.25, 0.3) is 5.69 Å². The van der Waals surface area contributed by atoms with Crippen molar-refractivity contribution in [1.82, 2.24) is 0 Å². The Kier molecular flexibility index (Phi) is 4.67. The van der Waals surface area contributed by atoms with Gasteiger partial charge in [0.2, 0.25) is 0 Å². The van der Waals surface area contributed by atoms with E-state index in [0.29, 0.717) is 11.3 Å². The van der Waals surface area contributed by atoms with E-state index < -0.39 is 11.0 Å². The molecule has 0 aliphatic rings. The number of benzene rings is 1. The van der Waals surface area contributed by atoms with Crippen LogP contribution in [-0.4, -0.2) is 23.1 Å². The van der Waals surface area contributed by atoms with E-state index in [1.54, 1.807) is 19.1 Å². The first kappa shape index (κ1) is 14.4. The third-order valence-electron chi connectivity index (χ3n) is 3.31. The van der Waals surface area contributed by atoms with Crippen LogP contribution >= 0.6 is 0 Å². The van der Waals surface area contributed by atoms with Gasteiger partial charge in [0.05, 0.1) is 11.0 Å². The van der Waals surface area contributed by atoms with Gasteiger partial charge in [-0.15, -0.1) is 0 Å². The second kappa shape index (κ2) is 5.82. The van der Waals surface area contributed by atoms with Gasteiger partial charge in [-0.2, -0.15) is 0 Å². The summed E-state index contributed by atoms with van der Waals surface area (Å²) in [6, 6.07) is 5.10. The summed E-state index contributed by atoms with van der Waals surface area (Å²) in [5, 5.41) is 20.6. The summed E-state index contributed by atoms with van der Waals surface area (Å²) >= 11 is 0. The third-order valence-corrected chi connectivity index (χ3v) is 3.31. The number of aliphatic hydroxyl groups excluding tert-OH is 1. The van der Waals surface area contributed by atoms with Gasteiger partial charge in [0, 0.05) is 19.2 Å². The minimum absolute atomic E-state index is 0.0381. The fourth-order valence-electron chi connectivity index (χ4n) is 1.76. The molecule has 0 saturated carbocycles. The molecule has 1 rings (SSSR count). The SMILES string of the molecule is CCC(C)N(C)c1ccc([C@H](C)O)cc1[N+](=O)[O-]. The van der Waals surface area contributed by atoms with Crippen molar-refractivity contribution in [2.45, 2.75) is 39.3 Å². The van der Waals surface area contributed by atoms with Crippen LogP contribution in [0, 0.1) is 10.1 Å². The van der Waals surface area contributed by atoms with Gasteiger partial charge in [-0.25, -0.2) is 0 Å². The quantitative estimate of drug-likeness (QED) is 0.646. The second-order valence-corrected chi connectivity index (χ2v) is 4.55. The van der Waals surface area contributed by atoms with Crippen LogP contribution in [0.5, 0.6) is 0 Å². The molecule has 2 atom stereocenters. The van der Waals surface area contributed by atoms with E-state index in [1.807, 2.05) is 25.8 Å². The minimum atomic E-state index is -0.702. The smallest absolute Gasteiger partial charge is 0.292 e. The second-order valence-electron chi connectivity index (χ2n) is 4.55. The van der Waals surface area contributed by atoms with Gasteiger partial charge in [0.1, 0.15) is 5.69 Å². The monoisotopic (exact) mass is 252 g/mol. The van der Waals surface area contributed by atoms with Gasteiger partial charge in [-0.3, -0.25) is 10.1 Å². The average molecular weight is 252 g/mol. The predicted molar refractivity (Wildman–Crippen MR) is 71.9 cm³/mol. The van der Waals surface area contributed by atoms with E-state index in [1.165, 1.54) is 6.07 Å². The van der Waals surface area contributed by atoms with Gasteiger partial charge in [-0.05, 0) is 31.9 Å². The Morgan fingerprint density at radius 2 is 2.06 bits per heavy atom. The summed E-state index contributed by atoms with van der Waals surface area (Å²) in [5.41, 5.74) is 1.18. The molecule has 0 fully saturated rings. The molecule has 0 spiro atoms. The van der Waals surface area contributed by atoms with Crippen molar-refractivity contribution >= 4 is 11.4 Å².